The first-order chi connectivity index (χ1) is 9.38. The summed E-state index contributed by atoms with van der Waals surface area (Å²) < 4.78 is 0. The normalized spacial score (nSPS) is 19.4. The molecule has 0 aromatic carbocycles. The molecule has 98 valence electrons. The Morgan fingerprint density at radius 1 is 1.32 bits per heavy atom. The summed E-state index contributed by atoms with van der Waals surface area (Å²) in [5.41, 5.74) is 5.64. The molecule has 0 radical (unpaired) electrons. The fourth-order valence-corrected chi connectivity index (χ4v) is 3.16. The molecule has 2 aliphatic rings. The van der Waals surface area contributed by atoms with Crippen LogP contribution in [0.2, 0.25) is 0 Å². The van der Waals surface area contributed by atoms with Crippen LogP contribution in [0.1, 0.15) is 41.5 Å². The molecule has 2 aromatic rings. The minimum Gasteiger partial charge on any atom is -0.293 e. The fraction of sp³-hybridized carbons (Fsp3) is 0.500. The van der Waals surface area contributed by atoms with E-state index in [0.717, 1.165) is 31.9 Å². The molecule has 0 spiro atoms. The Hall–Kier alpha value is -1.33. The number of rotatable bonds is 3. The standard InChI is InChI=1S/C14H16N4S/c1-2-10(1)14-15-5-11-6-18(4-3-13(11)17-14)7-12-8-19-9-16-12/h5,8-10H,1-4,6-7H2. The summed E-state index contributed by atoms with van der Waals surface area (Å²) in [4.78, 5) is 16.1. The molecular formula is C14H16N4S. The number of thiazole rings is 1. The predicted octanol–water partition coefficient (Wildman–Crippen LogP) is 2.37. The van der Waals surface area contributed by atoms with Gasteiger partial charge in [-0.1, -0.05) is 0 Å². The molecule has 0 saturated heterocycles. The molecular weight excluding hydrogens is 256 g/mol. The zero-order chi connectivity index (χ0) is 12.7. The topological polar surface area (TPSA) is 41.9 Å². The lowest BCUT2D eigenvalue weighted by atomic mass is 10.1. The molecule has 5 heteroatoms. The first-order valence-corrected chi connectivity index (χ1v) is 7.77. The van der Waals surface area contributed by atoms with Crippen LogP contribution in [-0.2, 0) is 19.5 Å². The monoisotopic (exact) mass is 272 g/mol. The minimum atomic E-state index is 0.651. The lowest BCUT2D eigenvalue weighted by molar-refractivity contribution is 0.240. The van der Waals surface area contributed by atoms with Gasteiger partial charge in [-0.3, -0.25) is 4.90 Å². The third-order valence-electron chi connectivity index (χ3n) is 3.84. The number of fused-ring (bicyclic) bond motifs is 1. The first kappa shape index (κ1) is 11.5. The molecule has 19 heavy (non-hydrogen) atoms. The van der Waals surface area contributed by atoms with Crippen LogP contribution in [-0.4, -0.2) is 26.4 Å². The first-order valence-electron chi connectivity index (χ1n) is 6.82. The van der Waals surface area contributed by atoms with E-state index in [0.29, 0.717) is 5.92 Å². The molecule has 0 N–H and O–H groups in total. The second-order valence-corrected chi connectivity index (χ2v) is 6.13. The number of hydrogen-bond acceptors (Lipinski definition) is 5. The van der Waals surface area contributed by atoms with E-state index in [4.69, 9.17) is 4.98 Å². The lowest BCUT2D eigenvalue weighted by Crippen LogP contribution is -2.31. The fourth-order valence-electron chi connectivity index (χ4n) is 2.61. The van der Waals surface area contributed by atoms with Crippen molar-refractivity contribution < 1.29 is 0 Å². The molecule has 0 atom stereocenters. The maximum Gasteiger partial charge on any atom is 0.131 e. The average molecular weight is 272 g/mol. The van der Waals surface area contributed by atoms with Crippen LogP contribution in [0.25, 0.3) is 0 Å². The zero-order valence-electron chi connectivity index (χ0n) is 10.7. The Bertz CT molecular complexity index is 577. The van der Waals surface area contributed by atoms with Crippen LogP contribution in [0.3, 0.4) is 0 Å². The van der Waals surface area contributed by atoms with Gasteiger partial charge in [0.25, 0.3) is 0 Å². The highest BCUT2D eigenvalue weighted by Crippen LogP contribution is 2.38. The van der Waals surface area contributed by atoms with Crippen LogP contribution in [0.4, 0.5) is 0 Å². The predicted molar refractivity (Wildman–Crippen MR) is 73.9 cm³/mol. The van der Waals surface area contributed by atoms with Gasteiger partial charge in [0.2, 0.25) is 0 Å². The van der Waals surface area contributed by atoms with Gasteiger partial charge in [0, 0.05) is 54.8 Å². The summed E-state index contributed by atoms with van der Waals surface area (Å²) in [7, 11) is 0. The van der Waals surface area contributed by atoms with Crippen molar-refractivity contribution >= 4 is 11.3 Å². The molecule has 2 aromatic heterocycles. The average Bonchev–Trinajstić information content (AvgIpc) is 3.17. The Kier molecular flexibility index (Phi) is 2.81. The highest BCUT2D eigenvalue weighted by Gasteiger charge is 2.28. The van der Waals surface area contributed by atoms with Crippen LogP contribution < -0.4 is 0 Å². The van der Waals surface area contributed by atoms with Gasteiger partial charge in [0.1, 0.15) is 5.82 Å². The minimum absolute atomic E-state index is 0.651. The molecule has 0 bridgehead atoms. The lowest BCUT2D eigenvalue weighted by Gasteiger charge is -2.27. The summed E-state index contributed by atoms with van der Waals surface area (Å²) in [5, 5.41) is 2.13. The second kappa shape index (κ2) is 4.65. The van der Waals surface area contributed by atoms with Crippen molar-refractivity contribution in [2.75, 3.05) is 6.54 Å². The smallest absolute Gasteiger partial charge is 0.131 e. The van der Waals surface area contributed by atoms with Crippen LogP contribution in [0.5, 0.6) is 0 Å². The van der Waals surface area contributed by atoms with Crippen molar-refractivity contribution in [2.45, 2.75) is 38.3 Å². The van der Waals surface area contributed by atoms with Gasteiger partial charge >= 0.3 is 0 Å². The maximum atomic E-state index is 4.76. The Morgan fingerprint density at radius 3 is 3.05 bits per heavy atom. The van der Waals surface area contributed by atoms with E-state index in [9.17, 15) is 0 Å². The molecule has 1 aliphatic carbocycles. The SMILES string of the molecule is c1nc(CN2CCc3nc(C4CC4)ncc3C2)cs1. The van der Waals surface area contributed by atoms with E-state index in [-0.39, 0.29) is 0 Å². The van der Waals surface area contributed by atoms with Crippen molar-refractivity contribution in [3.8, 4) is 0 Å². The van der Waals surface area contributed by atoms with Crippen molar-refractivity contribution in [3.63, 3.8) is 0 Å². The molecule has 1 aliphatic heterocycles. The van der Waals surface area contributed by atoms with Crippen LogP contribution in [0, 0.1) is 0 Å². The third kappa shape index (κ3) is 2.40. The van der Waals surface area contributed by atoms with Crippen LogP contribution in [0.15, 0.2) is 17.1 Å². The van der Waals surface area contributed by atoms with Crippen molar-refractivity contribution in [3.05, 3.63) is 39.9 Å². The Morgan fingerprint density at radius 2 is 2.26 bits per heavy atom. The quantitative estimate of drug-likeness (QED) is 0.860. The summed E-state index contributed by atoms with van der Waals surface area (Å²) in [5.74, 6) is 1.73. The van der Waals surface area contributed by atoms with Crippen molar-refractivity contribution in [1.29, 1.82) is 0 Å². The van der Waals surface area contributed by atoms with Crippen molar-refractivity contribution in [1.82, 2.24) is 19.9 Å². The summed E-state index contributed by atoms with van der Waals surface area (Å²) >= 11 is 1.66. The van der Waals surface area contributed by atoms with E-state index in [1.54, 1.807) is 11.3 Å². The van der Waals surface area contributed by atoms with E-state index in [1.807, 2.05) is 11.7 Å². The molecule has 4 rings (SSSR count). The molecule has 0 amide bonds. The van der Waals surface area contributed by atoms with Crippen molar-refractivity contribution in [2.24, 2.45) is 0 Å². The third-order valence-corrected chi connectivity index (χ3v) is 4.48. The second-order valence-electron chi connectivity index (χ2n) is 5.41. The van der Waals surface area contributed by atoms with E-state index in [1.165, 1.54) is 29.8 Å². The molecule has 4 nitrogen and oxygen atoms in total. The van der Waals surface area contributed by atoms with E-state index in [2.05, 4.69) is 20.2 Å². The van der Waals surface area contributed by atoms with E-state index < -0.39 is 0 Å². The molecule has 3 heterocycles. The summed E-state index contributed by atoms with van der Waals surface area (Å²) in [6.45, 7) is 2.97. The van der Waals surface area contributed by atoms with Crippen LogP contribution >= 0.6 is 11.3 Å². The van der Waals surface area contributed by atoms with Gasteiger partial charge < -0.3 is 0 Å². The van der Waals surface area contributed by atoms with E-state index >= 15 is 0 Å². The van der Waals surface area contributed by atoms with Gasteiger partial charge in [0.15, 0.2) is 0 Å². The number of hydrogen-bond donors (Lipinski definition) is 0. The highest BCUT2D eigenvalue weighted by atomic mass is 32.1. The Labute approximate surface area is 116 Å². The number of aromatic nitrogens is 3. The number of nitrogens with zero attached hydrogens (tertiary/aromatic N) is 4. The summed E-state index contributed by atoms with van der Waals surface area (Å²) in [6.07, 6.45) is 5.63. The molecule has 0 unspecified atom stereocenters. The zero-order valence-corrected chi connectivity index (χ0v) is 11.6. The van der Waals surface area contributed by atoms with Gasteiger partial charge in [-0.05, 0) is 12.8 Å². The van der Waals surface area contributed by atoms with Gasteiger partial charge in [-0.15, -0.1) is 11.3 Å². The van der Waals surface area contributed by atoms with Gasteiger partial charge in [0.05, 0.1) is 11.2 Å². The molecule has 1 saturated carbocycles. The summed E-state index contributed by atoms with van der Waals surface area (Å²) in [6, 6.07) is 0. The maximum absolute atomic E-state index is 4.76. The Balaban J connectivity index is 1.50. The molecule has 1 fully saturated rings. The highest BCUT2D eigenvalue weighted by molar-refractivity contribution is 7.07. The largest absolute Gasteiger partial charge is 0.293 e. The van der Waals surface area contributed by atoms with Gasteiger partial charge in [-0.2, -0.15) is 0 Å². The van der Waals surface area contributed by atoms with Gasteiger partial charge in [-0.25, -0.2) is 15.0 Å².